The third-order valence-electron chi connectivity index (χ3n) is 3.85. The van der Waals surface area contributed by atoms with Gasteiger partial charge in [0.2, 0.25) is 0 Å². The van der Waals surface area contributed by atoms with Gasteiger partial charge in [0.15, 0.2) is 5.96 Å². The van der Waals surface area contributed by atoms with Gasteiger partial charge in [0, 0.05) is 18.8 Å². The Bertz CT molecular complexity index is 690. The monoisotopic (exact) mass is 489 g/mol. The van der Waals surface area contributed by atoms with E-state index in [2.05, 4.69) is 25.8 Å². The fourth-order valence-corrected chi connectivity index (χ4v) is 2.46. The molecule has 0 amide bonds. The number of nitrogens with one attached hydrogen (secondary N) is 3. The number of halogens is 2. The molecule has 2 rings (SSSR count). The maximum atomic E-state index is 12.9. The lowest BCUT2D eigenvalue weighted by Gasteiger charge is -2.15. The Balaban J connectivity index is 0.00000364. The molecule has 0 bridgehead atoms. The second-order valence-corrected chi connectivity index (χ2v) is 6.15. The van der Waals surface area contributed by atoms with Crippen LogP contribution in [0.2, 0.25) is 0 Å². The summed E-state index contributed by atoms with van der Waals surface area (Å²) in [4.78, 5) is 4.56. The summed E-state index contributed by atoms with van der Waals surface area (Å²) in [5.41, 5.74) is 2.37. The molecule has 1 heterocycles. The van der Waals surface area contributed by atoms with Crippen molar-refractivity contribution in [1.29, 1.82) is 0 Å². The average molecular weight is 489 g/mol. The molecule has 0 radical (unpaired) electrons. The minimum Gasteiger partial charge on any atom is -0.489 e. The number of aromatic amines is 1. The Morgan fingerprint density at radius 2 is 2.04 bits per heavy atom. The number of ether oxygens (including phenoxy) is 1. The normalized spacial score (nSPS) is 12.2. The molecule has 0 saturated carbocycles. The van der Waals surface area contributed by atoms with Crippen LogP contribution in [-0.4, -0.2) is 41.9 Å². The molecule has 6 nitrogen and oxygen atoms in total. The van der Waals surface area contributed by atoms with Crippen molar-refractivity contribution in [2.45, 2.75) is 39.7 Å². The third kappa shape index (κ3) is 8.59. The minimum atomic E-state index is -0.271. The van der Waals surface area contributed by atoms with Crippen molar-refractivity contribution in [2.75, 3.05) is 19.6 Å². The number of guanidine groups is 1. The zero-order valence-electron chi connectivity index (χ0n) is 16.1. The molecule has 0 saturated heterocycles. The van der Waals surface area contributed by atoms with Crippen LogP contribution in [0.1, 0.15) is 31.5 Å². The van der Waals surface area contributed by atoms with E-state index in [-0.39, 0.29) is 35.9 Å². The largest absolute Gasteiger partial charge is 0.489 e. The Labute approximate surface area is 177 Å². The first kappa shape index (κ1) is 23.2. The van der Waals surface area contributed by atoms with Crippen LogP contribution in [0.3, 0.4) is 0 Å². The van der Waals surface area contributed by atoms with E-state index in [9.17, 15) is 4.39 Å². The molecule has 1 atom stereocenters. The van der Waals surface area contributed by atoms with Crippen molar-refractivity contribution >= 4 is 29.9 Å². The molecule has 150 valence electrons. The van der Waals surface area contributed by atoms with E-state index in [1.54, 1.807) is 12.1 Å². The second-order valence-electron chi connectivity index (χ2n) is 6.15. The van der Waals surface area contributed by atoms with E-state index >= 15 is 0 Å². The highest BCUT2D eigenvalue weighted by molar-refractivity contribution is 14.0. The smallest absolute Gasteiger partial charge is 0.191 e. The molecular formula is C19H29FIN5O. The lowest BCUT2D eigenvalue weighted by Crippen LogP contribution is -2.38. The summed E-state index contributed by atoms with van der Waals surface area (Å²) in [6, 6.07) is 6.02. The maximum Gasteiger partial charge on any atom is 0.191 e. The van der Waals surface area contributed by atoms with Crippen molar-refractivity contribution in [1.82, 2.24) is 20.8 Å². The average Bonchev–Trinajstić information content (AvgIpc) is 3.03. The molecular weight excluding hydrogens is 460 g/mol. The quantitative estimate of drug-likeness (QED) is 0.219. The predicted octanol–water partition coefficient (Wildman–Crippen LogP) is 3.43. The number of aliphatic imine (C=N–C) groups is 1. The van der Waals surface area contributed by atoms with Crippen LogP contribution in [-0.2, 0) is 6.42 Å². The SMILES string of the molecule is CCNC(=NCC(C)Oc1ccc(F)cc1)NCCCc1cn[nH]c1C.I. The van der Waals surface area contributed by atoms with E-state index < -0.39 is 0 Å². The highest BCUT2D eigenvalue weighted by atomic mass is 127. The van der Waals surface area contributed by atoms with Crippen molar-refractivity contribution in [2.24, 2.45) is 4.99 Å². The number of rotatable bonds is 9. The molecule has 0 spiro atoms. The van der Waals surface area contributed by atoms with Gasteiger partial charge in [0.05, 0.1) is 12.7 Å². The van der Waals surface area contributed by atoms with E-state index in [1.807, 2.05) is 27.0 Å². The predicted molar refractivity (Wildman–Crippen MR) is 118 cm³/mol. The highest BCUT2D eigenvalue weighted by Crippen LogP contribution is 2.13. The third-order valence-corrected chi connectivity index (χ3v) is 3.85. The first-order valence-electron chi connectivity index (χ1n) is 9.01. The van der Waals surface area contributed by atoms with E-state index in [1.165, 1.54) is 17.7 Å². The van der Waals surface area contributed by atoms with Crippen LogP contribution < -0.4 is 15.4 Å². The van der Waals surface area contributed by atoms with Crippen molar-refractivity contribution in [3.8, 4) is 5.75 Å². The zero-order valence-corrected chi connectivity index (χ0v) is 18.4. The number of nitrogens with zero attached hydrogens (tertiary/aromatic N) is 2. The fraction of sp³-hybridized carbons (Fsp3) is 0.474. The van der Waals surface area contributed by atoms with Gasteiger partial charge in [0.1, 0.15) is 17.7 Å². The molecule has 3 N–H and O–H groups in total. The summed E-state index contributed by atoms with van der Waals surface area (Å²) in [6.07, 6.45) is 3.73. The van der Waals surface area contributed by atoms with Gasteiger partial charge in [-0.25, -0.2) is 9.38 Å². The molecule has 8 heteroatoms. The Morgan fingerprint density at radius 1 is 1.30 bits per heavy atom. The van der Waals surface area contributed by atoms with E-state index in [0.29, 0.717) is 12.3 Å². The Morgan fingerprint density at radius 3 is 2.67 bits per heavy atom. The summed E-state index contributed by atoms with van der Waals surface area (Å²) in [7, 11) is 0. The summed E-state index contributed by atoms with van der Waals surface area (Å²) in [5.74, 6) is 1.14. The second kappa shape index (κ2) is 12.5. The molecule has 0 fully saturated rings. The molecule has 0 aliphatic rings. The highest BCUT2D eigenvalue weighted by Gasteiger charge is 2.05. The molecule has 0 aliphatic heterocycles. The van der Waals surface area contributed by atoms with Gasteiger partial charge in [-0.1, -0.05) is 0 Å². The van der Waals surface area contributed by atoms with Crippen LogP contribution >= 0.6 is 24.0 Å². The van der Waals surface area contributed by atoms with Crippen molar-refractivity contribution < 1.29 is 9.13 Å². The first-order valence-corrected chi connectivity index (χ1v) is 9.01. The first-order chi connectivity index (χ1) is 12.6. The lowest BCUT2D eigenvalue weighted by atomic mass is 10.1. The fourth-order valence-electron chi connectivity index (χ4n) is 2.46. The van der Waals surface area contributed by atoms with Gasteiger partial charge in [-0.2, -0.15) is 5.10 Å². The summed E-state index contributed by atoms with van der Waals surface area (Å²) in [6.45, 7) is 8.13. The summed E-state index contributed by atoms with van der Waals surface area (Å²) >= 11 is 0. The Kier molecular flexibility index (Phi) is 10.8. The number of hydrogen-bond donors (Lipinski definition) is 3. The van der Waals surface area contributed by atoms with Crippen LogP contribution in [0, 0.1) is 12.7 Å². The van der Waals surface area contributed by atoms with Crippen LogP contribution in [0.15, 0.2) is 35.5 Å². The van der Waals surface area contributed by atoms with Gasteiger partial charge in [-0.3, -0.25) is 5.10 Å². The molecule has 1 aromatic carbocycles. The van der Waals surface area contributed by atoms with Crippen molar-refractivity contribution in [3.63, 3.8) is 0 Å². The van der Waals surface area contributed by atoms with E-state index in [0.717, 1.165) is 37.6 Å². The van der Waals surface area contributed by atoms with Gasteiger partial charge < -0.3 is 15.4 Å². The summed E-state index contributed by atoms with van der Waals surface area (Å²) < 4.78 is 18.7. The lowest BCUT2D eigenvalue weighted by molar-refractivity contribution is 0.230. The van der Waals surface area contributed by atoms with Gasteiger partial charge in [-0.15, -0.1) is 24.0 Å². The molecule has 0 aliphatic carbocycles. The topological polar surface area (TPSA) is 74.3 Å². The van der Waals surface area contributed by atoms with Gasteiger partial charge >= 0.3 is 0 Å². The molecule has 2 aromatic rings. The molecule has 1 aromatic heterocycles. The molecule has 27 heavy (non-hydrogen) atoms. The standard InChI is InChI=1S/C19H28FN5O.HI/c1-4-21-19(22-11-5-6-16-13-24-25-15(16)3)23-12-14(2)26-18-9-7-17(20)8-10-18;/h7-10,13-14H,4-6,11-12H2,1-3H3,(H,24,25)(H2,21,22,23);1H. The van der Waals surface area contributed by atoms with Crippen molar-refractivity contribution in [3.05, 3.63) is 47.5 Å². The number of aryl methyl sites for hydroxylation is 2. The number of H-pyrrole nitrogens is 1. The number of aromatic nitrogens is 2. The minimum absolute atomic E-state index is 0. The van der Waals surface area contributed by atoms with Crippen LogP contribution in [0.5, 0.6) is 5.75 Å². The van der Waals surface area contributed by atoms with Crippen LogP contribution in [0.4, 0.5) is 4.39 Å². The number of benzene rings is 1. The maximum absolute atomic E-state index is 12.9. The zero-order chi connectivity index (χ0) is 18.8. The molecule has 1 unspecified atom stereocenters. The summed E-state index contributed by atoms with van der Waals surface area (Å²) in [5, 5.41) is 13.6. The van der Waals surface area contributed by atoms with Gasteiger partial charge in [-0.05, 0) is 63.4 Å². The number of hydrogen-bond acceptors (Lipinski definition) is 3. The van der Waals surface area contributed by atoms with E-state index in [4.69, 9.17) is 4.74 Å². The van der Waals surface area contributed by atoms with Gasteiger partial charge in [0.25, 0.3) is 0 Å². The Hall–Kier alpha value is -1.84. The van der Waals surface area contributed by atoms with Crippen LogP contribution in [0.25, 0.3) is 0 Å².